The first-order valence-corrected chi connectivity index (χ1v) is 6.39. The smallest absolute Gasteiger partial charge is 0.302 e. The number of esters is 1. The van der Waals surface area contributed by atoms with E-state index in [1.54, 1.807) is 0 Å². The van der Waals surface area contributed by atoms with E-state index < -0.39 is 0 Å². The third-order valence-electron chi connectivity index (χ3n) is 3.94. The van der Waals surface area contributed by atoms with Gasteiger partial charge in [0.2, 0.25) is 0 Å². The average Bonchev–Trinajstić information content (AvgIpc) is 2.33. The van der Waals surface area contributed by atoms with Crippen molar-refractivity contribution in [3.05, 3.63) is 41.5 Å². The van der Waals surface area contributed by atoms with Crippen LogP contribution in [-0.2, 0) is 9.53 Å². The highest BCUT2D eigenvalue weighted by molar-refractivity contribution is 5.66. The van der Waals surface area contributed by atoms with Crippen LogP contribution in [-0.4, -0.2) is 12.6 Å². The number of hydrogen-bond donors (Lipinski definition) is 0. The van der Waals surface area contributed by atoms with E-state index in [0.29, 0.717) is 12.5 Å². The summed E-state index contributed by atoms with van der Waals surface area (Å²) in [5, 5.41) is 0. The molecule has 0 spiro atoms. The van der Waals surface area contributed by atoms with Crippen LogP contribution in [0.25, 0.3) is 6.08 Å². The van der Waals surface area contributed by atoms with Crippen LogP contribution in [0.1, 0.15) is 32.8 Å². The average molecular weight is 244 g/mol. The molecule has 0 aliphatic heterocycles. The van der Waals surface area contributed by atoms with Crippen LogP contribution in [0.4, 0.5) is 0 Å². The molecule has 96 valence electrons. The fourth-order valence-corrected chi connectivity index (χ4v) is 2.40. The molecule has 0 aromatic heterocycles. The Morgan fingerprint density at radius 3 is 2.61 bits per heavy atom. The standard InChI is InChI=1S/C16H20O2/c1-12(17)18-11-15-10-14(16(15,2)3)9-13-7-5-4-6-8-13/h4-9,15H,10-11H2,1-3H3. The highest BCUT2D eigenvalue weighted by atomic mass is 16.5. The molecule has 1 atom stereocenters. The van der Waals surface area contributed by atoms with Crippen LogP contribution in [0.3, 0.4) is 0 Å². The summed E-state index contributed by atoms with van der Waals surface area (Å²) in [4.78, 5) is 10.8. The van der Waals surface area contributed by atoms with E-state index in [4.69, 9.17) is 4.74 Å². The number of carbonyl (C=O) groups excluding carboxylic acids is 1. The summed E-state index contributed by atoms with van der Waals surface area (Å²) < 4.78 is 5.11. The lowest BCUT2D eigenvalue weighted by Gasteiger charge is -2.47. The summed E-state index contributed by atoms with van der Waals surface area (Å²) >= 11 is 0. The SMILES string of the molecule is CC(=O)OCC1CC(=Cc2ccccc2)C1(C)C. The lowest BCUT2D eigenvalue weighted by atomic mass is 9.58. The molecule has 1 saturated carbocycles. The summed E-state index contributed by atoms with van der Waals surface area (Å²) in [5.41, 5.74) is 2.81. The van der Waals surface area contributed by atoms with E-state index in [1.807, 2.05) is 6.07 Å². The van der Waals surface area contributed by atoms with Crippen LogP contribution in [0.15, 0.2) is 35.9 Å². The monoisotopic (exact) mass is 244 g/mol. The summed E-state index contributed by atoms with van der Waals surface area (Å²) in [6, 6.07) is 10.4. The van der Waals surface area contributed by atoms with Crippen molar-refractivity contribution in [2.24, 2.45) is 11.3 Å². The van der Waals surface area contributed by atoms with Gasteiger partial charge >= 0.3 is 5.97 Å². The molecule has 0 saturated heterocycles. The minimum absolute atomic E-state index is 0.130. The second kappa shape index (κ2) is 4.97. The molecule has 1 aromatic rings. The first-order valence-electron chi connectivity index (χ1n) is 6.39. The van der Waals surface area contributed by atoms with E-state index in [2.05, 4.69) is 44.2 Å². The minimum atomic E-state index is -0.189. The molecule has 1 aliphatic rings. The summed E-state index contributed by atoms with van der Waals surface area (Å²) in [5.74, 6) is 0.252. The van der Waals surface area contributed by atoms with Gasteiger partial charge in [0.1, 0.15) is 0 Å². The summed E-state index contributed by atoms with van der Waals surface area (Å²) in [6.07, 6.45) is 3.28. The molecular formula is C16H20O2. The van der Waals surface area contributed by atoms with Crippen molar-refractivity contribution in [3.8, 4) is 0 Å². The highest BCUT2D eigenvalue weighted by Gasteiger charge is 2.43. The van der Waals surface area contributed by atoms with Crippen LogP contribution in [0.2, 0.25) is 0 Å². The maximum Gasteiger partial charge on any atom is 0.302 e. The Bertz CT molecular complexity index is 457. The zero-order valence-electron chi connectivity index (χ0n) is 11.3. The van der Waals surface area contributed by atoms with Gasteiger partial charge in [-0.05, 0) is 17.4 Å². The Labute approximate surface area is 109 Å². The van der Waals surface area contributed by atoms with Gasteiger partial charge in [0.15, 0.2) is 0 Å². The lowest BCUT2D eigenvalue weighted by molar-refractivity contribution is -0.144. The topological polar surface area (TPSA) is 26.3 Å². The van der Waals surface area contributed by atoms with E-state index in [-0.39, 0.29) is 11.4 Å². The molecule has 0 radical (unpaired) electrons. The number of ether oxygens (including phenoxy) is 1. The molecule has 2 heteroatoms. The second-order valence-corrected chi connectivity index (χ2v) is 5.51. The van der Waals surface area contributed by atoms with Crippen molar-refractivity contribution in [1.29, 1.82) is 0 Å². The third kappa shape index (κ3) is 2.63. The van der Waals surface area contributed by atoms with E-state index in [0.717, 1.165) is 6.42 Å². The number of benzene rings is 1. The van der Waals surface area contributed by atoms with Crippen LogP contribution >= 0.6 is 0 Å². The molecule has 0 N–H and O–H groups in total. The van der Waals surface area contributed by atoms with E-state index in [1.165, 1.54) is 18.1 Å². The zero-order chi connectivity index (χ0) is 13.2. The zero-order valence-corrected chi connectivity index (χ0v) is 11.3. The highest BCUT2D eigenvalue weighted by Crippen LogP contribution is 2.51. The Hall–Kier alpha value is -1.57. The predicted molar refractivity (Wildman–Crippen MR) is 72.9 cm³/mol. The molecule has 2 nitrogen and oxygen atoms in total. The van der Waals surface area contributed by atoms with Crippen molar-refractivity contribution in [2.45, 2.75) is 27.2 Å². The van der Waals surface area contributed by atoms with E-state index in [9.17, 15) is 4.79 Å². The predicted octanol–water partition coefficient (Wildman–Crippen LogP) is 3.68. The third-order valence-corrected chi connectivity index (χ3v) is 3.94. The number of carbonyl (C=O) groups is 1. The van der Waals surface area contributed by atoms with Crippen molar-refractivity contribution >= 4 is 12.0 Å². The molecular weight excluding hydrogens is 224 g/mol. The fourth-order valence-electron chi connectivity index (χ4n) is 2.40. The molecule has 2 rings (SSSR count). The Morgan fingerprint density at radius 1 is 1.39 bits per heavy atom. The van der Waals surface area contributed by atoms with Gasteiger partial charge in [0, 0.05) is 12.8 Å². The van der Waals surface area contributed by atoms with Gasteiger partial charge in [0.05, 0.1) is 6.61 Å². The molecule has 0 bridgehead atoms. The van der Waals surface area contributed by atoms with Crippen LogP contribution in [0, 0.1) is 11.3 Å². The van der Waals surface area contributed by atoms with Gasteiger partial charge < -0.3 is 4.74 Å². The molecule has 18 heavy (non-hydrogen) atoms. The van der Waals surface area contributed by atoms with Crippen molar-refractivity contribution < 1.29 is 9.53 Å². The van der Waals surface area contributed by atoms with Crippen molar-refractivity contribution in [2.75, 3.05) is 6.61 Å². The maximum absolute atomic E-state index is 10.8. The molecule has 0 amide bonds. The quantitative estimate of drug-likeness (QED) is 0.758. The Balaban J connectivity index is 2.02. The number of allylic oxidation sites excluding steroid dienone is 1. The Morgan fingerprint density at radius 2 is 2.06 bits per heavy atom. The van der Waals surface area contributed by atoms with Gasteiger partial charge in [0.25, 0.3) is 0 Å². The van der Waals surface area contributed by atoms with Gasteiger partial charge in [-0.25, -0.2) is 0 Å². The van der Waals surface area contributed by atoms with Gasteiger partial charge in [-0.15, -0.1) is 0 Å². The molecule has 0 heterocycles. The second-order valence-electron chi connectivity index (χ2n) is 5.51. The first kappa shape index (κ1) is 12.9. The summed E-state index contributed by atoms with van der Waals surface area (Å²) in [7, 11) is 0. The van der Waals surface area contributed by atoms with Crippen molar-refractivity contribution in [3.63, 3.8) is 0 Å². The van der Waals surface area contributed by atoms with Gasteiger partial charge in [-0.2, -0.15) is 0 Å². The van der Waals surface area contributed by atoms with Gasteiger partial charge in [-0.1, -0.05) is 55.8 Å². The molecule has 1 unspecified atom stereocenters. The summed E-state index contributed by atoms with van der Waals surface area (Å²) in [6.45, 7) is 6.44. The Kier molecular flexibility index (Phi) is 3.55. The van der Waals surface area contributed by atoms with Gasteiger partial charge in [-0.3, -0.25) is 4.79 Å². The van der Waals surface area contributed by atoms with E-state index >= 15 is 0 Å². The maximum atomic E-state index is 10.8. The van der Waals surface area contributed by atoms with Crippen LogP contribution < -0.4 is 0 Å². The molecule has 1 aliphatic carbocycles. The molecule has 1 fully saturated rings. The first-order chi connectivity index (χ1) is 8.50. The van der Waals surface area contributed by atoms with Crippen LogP contribution in [0.5, 0.6) is 0 Å². The number of rotatable bonds is 3. The number of hydrogen-bond acceptors (Lipinski definition) is 2. The van der Waals surface area contributed by atoms with Crippen molar-refractivity contribution in [1.82, 2.24) is 0 Å². The lowest BCUT2D eigenvalue weighted by Crippen LogP contribution is -2.40. The fraction of sp³-hybridized carbons (Fsp3) is 0.438. The largest absolute Gasteiger partial charge is 0.466 e. The normalized spacial score (nSPS) is 23.5. The minimum Gasteiger partial charge on any atom is -0.466 e. The molecule has 1 aromatic carbocycles.